The highest BCUT2D eigenvalue weighted by Gasteiger charge is 2.11. The highest BCUT2D eigenvalue weighted by atomic mass is 32.1. The summed E-state index contributed by atoms with van der Waals surface area (Å²) in [4.78, 5) is 27.4. The van der Waals surface area contributed by atoms with Gasteiger partial charge in [0.1, 0.15) is 0 Å². The van der Waals surface area contributed by atoms with Crippen LogP contribution in [-0.4, -0.2) is 23.0 Å². The maximum Gasteiger partial charge on any atom is 0.321 e. The number of nitrogens with one attached hydrogen (secondary N) is 2. The molecule has 0 aliphatic carbocycles. The van der Waals surface area contributed by atoms with Crippen LogP contribution in [0.15, 0.2) is 0 Å². The van der Waals surface area contributed by atoms with Crippen molar-refractivity contribution >= 4 is 28.4 Å². The molecule has 1 rings (SSSR count). The first-order chi connectivity index (χ1) is 7.88. The van der Waals surface area contributed by atoms with Crippen LogP contribution >= 0.6 is 11.3 Å². The summed E-state index contributed by atoms with van der Waals surface area (Å²) < 4.78 is 0. The summed E-state index contributed by atoms with van der Waals surface area (Å²) in [5, 5.41) is 5.76. The average molecular weight is 256 g/mol. The topological polar surface area (TPSA) is 97.1 Å². The molecule has 0 fully saturated rings. The van der Waals surface area contributed by atoms with Gasteiger partial charge in [0.25, 0.3) is 0 Å². The molecule has 0 spiro atoms. The van der Waals surface area contributed by atoms with Gasteiger partial charge in [-0.15, -0.1) is 11.3 Å². The lowest BCUT2D eigenvalue weighted by molar-refractivity contribution is -0.118. The van der Waals surface area contributed by atoms with E-state index < -0.39 is 5.91 Å². The summed E-state index contributed by atoms with van der Waals surface area (Å²) in [5.41, 5.74) is 5.92. The number of carbonyl (C=O) groups is 2. The maximum absolute atomic E-state index is 11.5. The van der Waals surface area contributed by atoms with E-state index in [1.807, 2.05) is 13.8 Å². The lowest BCUT2D eigenvalue weighted by Crippen LogP contribution is -2.38. The second-order valence-corrected chi connectivity index (χ2v) is 5.03. The number of thiazole rings is 1. The number of hydrogen-bond acceptors (Lipinski definition) is 4. The van der Waals surface area contributed by atoms with E-state index in [9.17, 15) is 9.59 Å². The number of aryl methyl sites for hydroxylation is 2. The van der Waals surface area contributed by atoms with Crippen molar-refractivity contribution in [3.8, 4) is 0 Å². The molecular weight excluding hydrogens is 240 g/mol. The molecule has 0 aromatic carbocycles. The van der Waals surface area contributed by atoms with Gasteiger partial charge < -0.3 is 11.1 Å². The smallest absolute Gasteiger partial charge is 0.321 e. The zero-order chi connectivity index (χ0) is 13.0. The minimum atomic E-state index is -0.446. The molecule has 0 aliphatic rings. The molecule has 4 N–H and O–H groups in total. The molecule has 1 atom stereocenters. The Balaban J connectivity index is 2.47. The van der Waals surface area contributed by atoms with Gasteiger partial charge in [0.15, 0.2) is 5.13 Å². The molecule has 0 saturated carbocycles. The number of primary amides is 1. The van der Waals surface area contributed by atoms with Crippen LogP contribution in [0.25, 0.3) is 0 Å². The largest absolute Gasteiger partial charge is 0.370 e. The van der Waals surface area contributed by atoms with Crippen LogP contribution < -0.4 is 16.4 Å². The zero-order valence-electron chi connectivity index (χ0n) is 10.0. The van der Waals surface area contributed by atoms with Gasteiger partial charge in [0, 0.05) is 17.3 Å². The van der Waals surface area contributed by atoms with Crippen molar-refractivity contribution in [2.45, 2.75) is 33.2 Å². The summed E-state index contributed by atoms with van der Waals surface area (Å²) >= 11 is 1.41. The minimum absolute atomic E-state index is 0.114. The van der Waals surface area contributed by atoms with Crippen LogP contribution in [0.4, 0.5) is 9.93 Å². The van der Waals surface area contributed by atoms with Gasteiger partial charge in [0.2, 0.25) is 5.91 Å². The van der Waals surface area contributed by atoms with Crippen molar-refractivity contribution in [3.63, 3.8) is 0 Å². The van der Waals surface area contributed by atoms with E-state index in [4.69, 9.17) is 5.73 Å². The molecule has 1 heterocycles. The number of nitrogens with two attached hydrogens (primary N) is 1. The summed E-state index contributed by atoms with van der Waals surface area (Å²) in [6.07, 6.45) is 0.114. The first kappa shape index (κ1) is 13.4. The van der Waals surface area contributed by atoms with Gasteiger partial charge in [-0.1, -0.05) is 0 Å². The van der Waals surface area contributed by atoms with E-state index >= 15 is 0 Å². The van der Waals surface area contributed by atoms with E-state index in [1.54, 1.807) is 6.92 Å². The number of urea groups is 1. The number of aromatic nitrogens is 1. The highest BCUT2D eigenvalue weighted by molar-refractivity contribution is 7.15. The molecule has 6 nitrogen and oxygen atoms in total. The minimum Gasteiger partial charge on any atom is -0.370 e. The standard InChI is InChI=1S/C10H16N4O2S/c1-5(4-8(11)15)12-9(16)14-10-13-6(2)7(3)17-10/h5H,4H2,1-3H3,(H2,11,15)(H2,12,13,14,16). The van der Waals surface area contributed by atoms with Crippen molar-refractivity contribution in [1.29, 1.82) is 0 Å². The summed E-state index contributed by atoms with van der Waals surface area (Å²) in [7, 11) is 0. The quantitative estimate of drug-likeness (QED) is 0.753. The molecule has 0 saturated heterocycles. The Labute approximate surface area is 104 Å². The van der Waals surface area contributed by atoms with Gasteiger partial charge in [-0.3, -0.25) is 10.1 Å². The van der Waals surface area contributed by atoms with E-state index in [0.29, 0.717) is 5.13 Å². The Hall–Kier alpha value is -1.63. The molecule has 1 unspecified atom stereocenters. The molecule has 3 amide bonds. The van der Waals surface area contributed by atoms with Crippen molar-refractivity contribution in [1.82, 2.24) is 10.3 Å². The van der Waals surface area contributed by atoms with E-state index in [-0.39, 0.29) is 18.5 Å². The van der Waals surface area contributed by atoms with Crippen LogP contribution in [0.2, 0.25) is 0 Å². The molecule has 7 heteroatoms. The lowest BCUT2D eigenvalue weighted by atomic mass is 10.2. The van der Waals surface area contributed by atoms with Crippen LogP contribution in [-0.2, 0) is 4.79 Å². The van der Waals surface area contributed by atoms with Crippen LogP contribution in [0.5, 0.6) is 0 Å². The lowest BCUT2D eigenvalue weighted by Gasteiger charge is -2.11. The van der Waals surface area contributed by atoms with Gasteiger partial charge in [-0.25, -0.2) is 9.78 Å². The first-order valence-corrected chi connectivity index (χ1v) is 6.00. The van der Waals surface area contributed by atoms with Gasteiger partial charge in [0.05, 0.1) is 5.69 Å². The van der Waals surface area contributed by atoms with Crippen molar-refractivity contribution in [2.75, 3.05) is 5.32 Å². The molecule has 94 valence electrons. The summed E-state index contributed by atoms with van der Waals surface area (Å²) in [6, 6.07) is -0.679. The zero-order valence-corrected chi connectivity index (χ0v) is 10.9. The second-order valence-electron chi connectivity index (χ2n) is 3.83. The molecule has 1 aromatic heterocycles. The Morgan fingerprint density at radius 3 is 2.59 bits per heavy atom. The molecule has 0 aliphatic heterocycles. The van der Waals surface area contributed by atoms with E-state index in [2.05, 4.69) is 15.6 Å². The number of amides is 3. The SMILES string of the molecule is Cc1nc(NC(=O)NC(C)CC(N)=O)sc1C. The number of anilines is 1. The monoisotopic (exact) mass is 256 g/mol. The Bertz CT molecular complexity index is 410. The second kappa shape index (κ2) is 5.62. The van der Waals surface area contributed by atoms with Gasteiger partial charge in [-0.2, -0.15) is 0 Å². The first-order valence-electron chi connectivity index (χ1n) is 5.18. The van der Waals surface area contributed by atoms with Crippen molar-refractivity contribution < 1.29 is 9.59 Å². The molecule has 1 aromatic rings. The number of hydrogen-bond donors (Lipinski definition) is 3. The van der Waals surface area contributed by atoms with E-state index in [1.165, 1.54) is 11.3 Å². The number of nitrogens with zero attached hydrogens (tertiary/aromatic N) is 1. The fourth-order valence-electron chi connectivity index (χ4n) is 1.24. The van der Waals surface area contributed by atoms with Crippen molar-refractivity contribution in [2.24, 2.45) is 5.73 Å². The normalized spacial score (nSPS) is 11.9. The fourth-order valence-corrected chi connectivity index (χ4v) is 2.05. The third-order valence-electron chi connectivity index (χ3n) is 2.13. The third-order valence-corrected chi connectivity index (χ3v) is 3.12. The molecule has 0 bridgehead atoms. The Kier molecular flexibility index (Phi) is 4.45. The fraction of sp³-hybridized carbons (Fsp3) is 0.500. The predicted molar refractivity (Wildman–Crippen MR) is 67.0 cm³/mol. The predicted octanol–water partition coefficient (Wildman–Crippen LogP) is 1.15. The molecular formula is C10H16N4O2S. The van der Waals surface area contributed by atoms with Gasteiger partial charge in [-0.05, 0) is 20.8 Å². The Morgan fingerprint density at radius 2 is 2.12 bits per heavy atom. The van der Waals surface area contributed by atoms with Gasteiger partial charge >= 0.3 is 6.03 Å². The third kappa shape index (κ3) is 4.39. The molecule has 17 heavy (non-hydrogen) atoms. The maximum atomic E-state index is 11.5. The van der Waals surface area contributed by atoms with Crippen LogP contribution in [0, 0.1) is 13.8 Å². The van der Waals surface area contributed by atoms with Crippen LogP contribution in [0.1, 0.15) is 23.9 Å². The summed E-state index contributed by atoms with van der Waals surface area (Å²) in [6.45, 7) is 5.53. The number of carbonyl (C=O) groups excluding carboxylic acids is 2. The van der Waals surface area contributed by atoms with E-state index in [0.717, 1.165) is 10.6 Å². The van der Waals surface area contributed by atoms with Crippen LogP contribution in [0.3, 0.4) is 0 Å². The molecule has 0 radical (unpaired) electrons. The average Bonchev–Trinajstić information content (AvgIpc) is 2.43. The summed E-state index contributed by atoms with van der Waals surface area (Å²) in [5.74, 6) is -0.446. The Morgan fingerprint density at radius 1 is 1.47 bits per heavy atom. The number of rotatable bonds is 4. The highest BCUT2D eigenvalue weighted by Crippen LogP contribution is 2.20. The van der Waals surface area contributed by atoms with Crippen molar-refractivity contribution in [3.05, 3.63) is 10.6 Å².